The van der Waals surface area contributed by atoms with Crippen LogP contribution in [0.25, 0.3) is 0 Å². The van der Waals surface area contributed by atoms with Crippen LogP contribution in [0.3, 0.4) is 0 Å². The first-order valence-corrected chi connectivity index (χ1v) is 7.21. The van der Waals surface area contributed by atoms with Crippen LogP contribution in [0.1, 0.15) is 18.1 Å². The summed E-state index contributed by atoms with van der Waals surface area (Å²) in [5, 5.41) is 9.78. The maximum Gasteiger partial charge on any atom is 0.107 e. The zero-order chi connectivity index (χ0) is 14.9. The van der Waals surface area contributed by atoms with Crippen molar-refractivity contribution < 1.29 is 14.6 Å². The summed E-state index contributed by atoms with van der Waals surface area (Å²) in [7, 11) is 0. The maximum atomic E-state index is 9.78. The van der Waals surface area contributed by atoms with Gasteiger partial charge in [-0.2, -0.15) is 0 Å². The molecular formula is C18H22O3. The Morgan fingerprint density at radius 2 is 1.38 bits per heavy atom. The zero-order valence-corrected chi connectivity index (χ0v) is 12.3. The van der Waals surface area contributed by atoms with E-state index in [9.17, 15) is 5.11 Å². The van der Waals surface area contributed by atoms with E-state index in [4.69, 9.17) is 9.47 Å². The minimum atomic E-state index is -0.565. The molecule has 0 radical (unpaired) electrons. The lowest BCUT2D eigenvalue weighted by molar-refractivity contribution is -0.0833. The molecule has 0 amide bonds. The number of benzene rings is 2. The Morgan fingerprint density at radius 1 is 0.857 bits per heavy atom. The van der Waals surface area contributed by atoms with Gasteiger partial charge in [0, 0.05) is 0 Å². The highest BCUT2D eigenvalue weighted by atomic mass is 16.5. The van der Waals surface area contributed by atoms with Crippen LogP contribution in [0, 0.1) is 0 Å². The largest absolute Gasteiger partial charge is 0.391 e. The molecule has 1 N–H and O–H groups in total. The van der Waals surface area contributed by atoms with Gasteiger partial charge in [-0.15, -0.1) is 0 Å². The third-order valence-electron chi connectivity index (χ3n) is 3.24. The van der Waals surface area contributed by atoms with E-state index in [1.54, 1.807) is 6.92 Å². The number of hydrogen-bond acceptors (Lipinski definition) is 3. The lowest BCUT2D eigenvalue weighted by Crippen LogP contribution is -2.31. The molecule has 0 aromatic heterocycles. The quantitative estimate of drug-likeness (QED) is 0.810. The molecule has 0 saturated carbocycles. The Labute approximate surface area is 126 Å². The van der Waals surface area contributed by atoms with Gasteiger partial charge in [0.2, 0.25) is 0 Å². The molecule has 2 rings (SSSR count). The van der Waals surface area contributed by atoms with E-state index in [2.05, 4.69) is 0 Å². The van der Waals surface area contributed by atoms with Gasteiger partial charge in [0.15, 0.2) is 0 Å². The van der Waals surface area contributed by atoms with E-state index in [0.29, 0.717) is 19.8 Å². The summed E-state index contributed by atoms with van der Waals surface area (Å²) in [5.41, 5.74) is 2.20. The predicted molar refractivity (Wildman–Crippen MR) is 82.8 cm³/mol. The smallest absolute Gasteiger partial charge is 0.107 e. The van der Waals surface area contributed by atoms with Gasteiger partial charge in [-0.25, -0.2) is 0 Å². The van der Waals surface area contributed by atoms with E-state index in [-0.39, 0.29) is 6.10 Å². The lowest BCUT2D eigenvalue weighted by Gasteiger charge is -2.20. The monoisotopic (exact) mass is 286 g/mol. The molecule has 0 unspecified atom stereocenters. The van der Waals surface area contributed by atoms with Crippen molar-refractivity contribution >= 4 is 0 Å². The molecule has 0 heterocycles. The summed E-state index contributed by atoms with van der Waals surface area (Å²) in [6, 6.07) is 19.9. The Balaban J connectivity index is 1.77. The van der Waals surface area contributed by atoms with Crippen molar-refractivity contribution in [1.29, 1.82) is 0 Å². The Bertz CT molecular complexity index is 496. The minimum absolute atomic E-state index is 0.325. The standard InChI is InChI=1S/C18H22O3/c1-15(19)18(21-13-17-10-6-3-7-11-17)14-20-12-16-8-4-2-5-9-16/h2-11,15,18-19H,12-14H2,1H3/t15-,18-/m0/s1. The van der Waals surface area contributed by atoms with Gasteiger partial charge in [-0.05, 0) is 18.1 Å². The van der Waals surface area contributed by atoms with Gasteiger partial charge in [0.05, 0.1) is 25.9 Å². The van der Waals surface area contributed by atoms with Gasteiger partial charge in [-0.1, -0.05) is 60.7 Å². The summed E-state index contributed by atoms with van der Waals surface area (Å²) >= 11 is 0. The fraction of sp³-hybridized carbons (Fsp3) is 0.333. The average Bonchev–Trinajstić information content (AvgIpc) is 2.52. The van der Waals surface area contributed by atoms with Crippen molar-refractivity contribution in [2.75, 3.05) is 6.61 Å². The molecule has 2 aromatic carbocycles. The van der Waals surface area contributed by atoms with Crippen LogP contribution in [0.15, 0.2) is 60.7 Å². The van der Waals surface area contributed by atoms with Gasteiger partial charge in [-0.3, -0.25) is 0 Å². The van der Waals surface area contributed by atoms with Crippen LogP contribution < -0.4 is 0 Å². The van der Waals surface area contributed by atoms with Crippen LogP contribution in [0.2, 0.25) is 0 Å². The van der Waals surface area contributed by atoms with Crippen molar-refractivity contribution in [3.8, 4) is 0 Å². The Morgan fingerprint density at radius 3 is 1.90 bits per heavy atom. The molecule has 2 atom stereocenters. The topological polar surface area (TPSA) is 38.7 Å². The molecule has 0 fully saturated rings. The average molecular weight is 286 g/mol. The second-order valence-corrected chi connectivity index (χ2v) is 5.08. The third-order valence-corrected chi connectivity index (χ3v) is 3.24. The zero-order valence-electron chi connectivity index (χ0n) is 12.3. The summed E-state index contributed by atoms with van der Waals surface area (Å²) in [6.45, 7) is 3.10. The molecule has 21 heavy (non-hydrogen) atoms. The molecule has 0 aliphatic rings. The summed E-state index contributed by atoms with van der Waals surface area (Å²) in [5.74, 6) is 0. The normalized spacial score (nSPS) is 13.8. The van der Waals surface area contributed by atoms with Crippen LogP contribution in [0.4, 0.5) is 0 Å². The fourth-order valence-corrected chi connectivity index (χ4v) is 1.97. The highest BCUT2D eigenvalue weighted by molar-refractivity contribution is 5.14. The van der Waals surface area contributed by atoms with E-state index < -0.39 is 6.10 Å². The summed E-state index contributed by atoms with van der Waals surface area (Å²) in [6.07, 6.45) is -0.890. The second kappa shape index (κ2) is 8.57. The highest BCUT2D eigenvalue weighted by Gasteiger charge is 2.16. The molecule has 3 nitrogen and oxygen atoms in total. The van der Waals surface area contributed by atoms with E-state index >= 15 is 0 Å². The number of ether oxygens (including phenoxy) is 2. The van der Waals surface area contributed by atoms with Crippen LogP contribution >= 0.6 is 0 Å². The SMILES string of the molecule is C[C@H](O)[C@H](COCc1ccccc1)OCc1ccccc1. The maximum absolute atomic E-state index is 9.78. The number of aliphatic hydroxyl groups excluding tert-OH is 1. The van der Waals surface area contributed by atoms with Crippen molar-refractivity contribution in [1.82, 2.24) is 0 Å². The molecule has 0 aliphatic carbocycles. The van der Waals surface area contributed by atoms with Crippen molar-refractivity contribution in [2.45, 2.75) is 32.3 Å². The molecule has 112 valence electrons. The highest BCUT2D eigenvalue weighted by Crippen LogP contribution is 2.08. The molecule has 3 heteroatoms. The van der Waals surface area contributed by atoms with Crippen LogP contribution in [0.5, 0.6) is 0 Å². The molecule has 0 bridgehead atoms. The number of hydrogen-bond donors (Lipinski definition) is 1. The van der Waals surface area contributed by atoms with Crippen LogP contribution in [-0.4, -0.2) is 23.9 Å². The van der Waals surface area contributed by atoms with Crippen molar-refractivity contribution in [3.05, 3.63) is 71.8 Å². The van der Waals surface area contributed by atoms with Gasteiger partial charge in [0.25, 0.3) is 0 Å². The fourth-order valence-electron chi connectivity index (χ4n) is 1.97. The van der Waals surface area contributed by atoms with E-state index in [0.717, 1.165) is 11.1 Å². The van der Waals surface area contributed by atoms with E-state index in [1.165, 1.54) is 0 Å². The second-order valence-electron chi connectivity index (χ2n) is 5.08. The van der Waals surface area contributed by atoms with Gasteiger partial charge < -0.3 is 14.6 Å². The summed E-state index contributed by atoms with van der Waals surface area (Å²) < 4.78 is 11.4. The van der Waals surface area contributed by atoms with Crippen LogP contribution in [-0.2, 0) is 22.7 Å². The first kappa shape index (κ1) is 15.7. The first-order chi connectivity index (χ1) is 10.3. The molecule has 2 aromatic rings. The molecular weight excluding hydrogens is 264 g/mol. The minimum Gasteiger partial charge on any atom is -0.391 e. The lowest BCUT2D eigenvalue weighted by atomic mass is 10.2. The van der Waals surface area contributed by atoms with Crippen molar-refractivity contribution in [2.24, 2.45) is 0 Å². The molecule has 0 aliphatic heterocycles. The number of rotatable bonds is 8. The Kier molecular flexibility index (Phi) is 6.41. The first-order valence-electron chi connectivity index (χ1n) is 7.21. The van der Waals surface area contributed by atoms with Crippen molar-refractivity contribution in [3.63, 3.8) is 0 Å². The summed E-state index contributed by atoms with van der Waals surface area (Å²) in [4.78, 5) is 0. The number of aliphatic hydroxyl groups is 1. The van der Waals surface area contributed by atoms with Gasteiger partial charge in [0.1, 0.15) is 6.10 Å². The molecule has 0 saturated heterocycles. The molecule has 0 spiro atoms. The Hall–Kier alpha value is -1.68. The van der Waals surface area contributed by atoms with Gasteiger partial charge >= 0.3 is 0 Å². The van der Waals surface area contributed by atoms with E-state index in [1.807, 2.05) is 60.7 Å². The third kappa shape index (κ3) is 5.68. The predicted octanol–water partition coefficient (Wildman–Crippen LogP) is 3.17.